The van der Waals surface area contributed by atoms with Gasteiger partial charge in [0.1, 0.15) is 6.04 Å². The Bertz CT molecular complexity index is 937. The second kappa shape index (κ2) is 11.1. The molecule has 1 atom stereocenters. The highest BCUT2D eigenvalue weighted by Gasteiger charge is 2.28. The van der Waals surface area contributed by atoms with Gasteiger partial charge >= 0.3 is 0 Å². The summed E-state index contributed by atoms with van der Waals surface area (Å²) in [5.41, 5.74) is 2.02. The van der Waals surface area contributed by atoms with E-state index in [-0.39, 0.29) is 17.7 Å². The Morgan fingerprint density at radius 2 is 1.84 bits per heavy atom. The molecule has 2 aromatic rings. The van der Waals surface area contributed by atoms with E-state index in [1.54, 1.807) is 0 Å². The van der Waals surface area contributed by atoms with Crippen molar-refractivity contribution >= 4 is 28.6 Å². The molecule has 174 valence electrons. The number of rotatable bonds is 8. The van der Waals surface area contributed by atoms with Crippen LogP contribution in [0.2, 0.25) is 0 Å². The number of nitrogens with one attached hydrogen (secondary N) is 2. The van der Waals surface area contributed by atoms with Crippen LogP contribution in [0.3, 0.4) is 0 Å². The fourth-order valence-corrected chi connectivity index (χ4v) is 4.40. The lowest BCUT2D eigenvalue weighted by molar-refractivity contribution is -0.136. The van der Waals surface area contributed by atoms with Crippen molar-refractivity contribution in [3.8, 4) is 0 Å². The first-order chi connectivity index (χ1) is 15.4. The predicted molar refractivity (Wildman–Crippen MR) is 125 cm³/mol. The number of amides is 3. The van der Waals surface area contributed by atoms with Gasteiger partial charge in [-0.1, -0.05) is 18.2 Å². The SMILES string of the molecule is CCN(CC)C(=O)CN1CCCN(C(=O)C(Cc2c[nH]c3ccccc23)NC(C)=O)CC1. The number of nitrogens with zero attached hydrogens (tertiary/aromatic N) is 3. The van der Waals surface area contributed by atoms with Gasteiger partial charge in [-0.15, -0.1) is 0 Å². The molecule has 1 saturated heterocycles. The van der Waals surface area contributed by atoms with Gasteiger partial charge in [-0.25, -0.2) is 0 Å². The lowest BCUT2D eigenvalue weighted by Gasteiger charge is -2.27. The van der Waals surface area contributed by atoms with Gasteiger partial charge in [-0.05, 0) is 31.9 Å². The Morgan fingerprint density at radius 3 is 2.56 bits per heavy atom. The molecule has 1 unspecified atom stereocenters. The summed E-state index contributed by atoms with van der Waals surface area (Å²) in [7, 11) is 0. The van der Waals surface area contributed by atoms with Crippen LogP contribution >= 0.6 is 0 Å². The van der Waals surface area contributed by atoms with E-state index in [0.717, 1.165) is 29.4 Å². The molecular weight excluding hydrogens is 406 g/mol. The number of likely N-dealkylation sites (N-methyl/N-ethyl adjacent to an activating group) is 1. The van der Waals surface area contributed by atoms with Gasteiger partial charge in [-0.3, -0.25) is 19.3 Å². The van der Waals surface area contributed by atoms with Crippen molar-refractivity contribution in [3.63, 3.8) is 0 Å². The number of carbonyl (C=O) groups is 3. The van der Waals surface area contributed by atoms with Crippen LogP contribution in [0.4, 0.5) is 0 Å². The van der Waals surface area contributed by atoms with Gasteiger partial charge in [0, 0.05) is 69.7 Å². The summed E-state index contributed by atoms with van der Waals surface area (Å²) in [4.78, 5) is 46.7. The zero-order valence-corrected chi connectivity index (χ0v) is 19.4. The molecule has 32 heavy (non-hydrogen) atoms. The van der Waals surface area contributed by atoms with Crippen molar-refractivity contribution in [1.29, 1.82) is 0 Å². The van der Waals surface area contributed by atoms with Gasteiger partial charge in [-0.2, -0.15) is 0 Å². The molecule has 2 N–H and O–H groups in total. The highest BCUT2D eigenvalue weighted by molar-refractivity contribution is 5.89. The van der Waals surface area contributed by atoms with E-state index >= 15 is 0 Å². The Balaban J connectivity index is 1.66. The van der Waals surface area contributed by atoms with Gasteiger partial charge in [0.25, 0.3) is 0 Å². The molecule has 3 rings (SSSR count). The van der Waals surface area contributed by atoms with Crippen LogP contribution in [-0.4, -0.2) is 89.3 Å². The average Bonchev–Trinajstić information content (AvgIpc) is 3.03. The number of aromatic amines is 1. The first-order valence-electron chi connectivity index (χ1n) is 11.5. The summed E-state index contributed by atoms with van der Waals surface area (Å²) in [6.45, 7) is 9.82. The maximum absolute atomic E-state index is 13.4. The van der Waals surface area contributed by atoms with Crippen LogP contribution < -0.4 is 5.32 Å². The van der Waals surface area contributed by atoms with Crippen LogP contribution in [-0.2, 0) is 20.8 Å². The summed E-state index contributed by atoms with van der Waals surface area (Å²) >= 11 is 0. The topological polar surface area (TPSA) is 88.8 Å². The number of aromatic nitrogens is 1. The van der Waals surface area contributed by atoms with Crippen molar-refractivity contribution in [2.45, 2.75) is 39.7 Å². The standard InChI is InChI=1S/C24H35N5O3/c1-4-28(5-2)23(31)17-27-11-8-12-29(14-13-27)24(32)22(26-18(3)30)15-19-16-25-21-10-7-6-9-20(19)21/h6-7,9-10,16,22,25H,4-5,8,11-15,17H2,1-3H3,(H,26,30). The average molecular weight is 442 g/mol. The molecule has 8 heteroatoms. The van der Waals surface area contributed by atoms with Gasteiger partial charge in [0.05, 0.1) is 6.54 Å². The number of para-hydroxylation sites is 1. The molecule has 2 heterocycles. The molecule has 1 fully saturated rings. The molecule has 1 aromatic heterocycles. The van der Waals surface area contributed by atoms with Crippen LogP contribution in [0.15, 0.2) is 30.5 Å². The summed E-state index contributed by atoms with van der Waals surface area (Å²) < 4.78 is 0. The fourth-order valence-electron chi connectivity index (χ4n) is 4.40. The zero-order chi connectivity index (χ0) is 23.1. The zero-order valence-electron chi connectivity index (χ0n) is 19.4. The van der Waals surface area contributed by atoms with E-state index in [1.807, 2.05) is 54.1 Å². The Kier molecular flexibility index (Phi) is 8.27. The maximum atomic E-state index is 13.4. The molecule has 1 aromatic carbocycles. The third-order valence-corrected chi connectivity index (χ3v) is 6.15. The van der Waals surface area contributed by atoms with Gasteiger partial charge in [0.15, 0.2) is 0 Å². The fraction of sp³-hybridized carbons (Fsp3) is 0.542. The van der Waals surface area contributed by atoms with Crippen molar-refractivity contribution in [2.75, 3.05) is 45.8 Å². The number of carbonyl (C=O) groups excluding carboxylic acids is 3. The van der Waals surface area contributed by atoms with Crippen molar-refractivity contribution in [3.05, 3.63) is 36.0 Å². The van der Waals surface area contributed by atoms with E-state index in [0.29, 0.717) is 45.7 Å². The van der Waals surface area contributed by atoms with Crippen LogP contribution in [0.1, 0.15) is 32.8 Å². The predicted octanol–water partition coefficient (Wildman–Crippen LogP) is 1.62. The van der Waals surface area contributed by atoms with Gasteiger partial charge in [0.2, 0.25) is 17.7 Å². The van der Waals surface area contributed by atoms with Crippen molar-refractivity contribution in [1.82, 2.24) is 25.0 Å². The summed E-state index contributed by atoms with van der Waals surface area (Å²) in [5, 5.41) is 3.92. The van der Waals surface area contributed by atoms with E-state index < -0.39 is 6.04 Å². The highest BCUT2D eigenvalue weighted by Crippen LogP contribution is 2.20. The lowest BCUT2D eigenvalue weighted by Crippen LogP contribution is -2.50. The molecule has 0 radical (unpaired) electrons. The molecule has 0 saturated carbocycles. The largest absolute Gasteiger partial charge is 0.361 e. The normalized spacial score (nSPS) is 15.9. The molecule has 0 bridgehead atoms. The minimum atomic E-state index is -0.615. The Morgan fingerprint density at radius 1 is 1.09 bits per heavy atom. The lowest BCUT2D eigenvalue weighted by atomic mass is 10.0. The summed E-state index contributed by atoms with van der Waals surface area (Å²) in [5.74, 6) is -0.155. The number of benzene rings is 1. The van der Waals surface area contributed by atoms with Crippen LogP contribution in [0.25, 0.3) is 10.9 Å². The quantitative estimate of drug-likeness (QED) is 0.652. The minimum absolute atomic E-state index is 0.0672. The first kappa shape index (κ1) is 23.8. The number of hydrogen-bond donors (Lipinski definition) is 2. The van der Waals surface area contributed by atoms with Crippen LogP contribution in [0.5, 0.6) is 0 Å². The molecule has 0 aliphatic carbocycles. The number of hydrogen-bond acceptors (Lipinski definition) is 4. The Labute approximate surface area is 189 Å². The minimum Gasteiger partial charge on any atom is -0.361 e. The Hall–Kier alpha value is -2.87. The second-order valence-corrected chi connectivity index (χ2v) is 8.34. The van der Waals surface area contributed by atoms with Crippen molar-refractivity contribution < 1.29 is 14.4 Å². The van der Waals surface area contributed by atoms with Crippen LogP contribution in [0, 0.1) is 0 Å². The summed E-state index contributed by atoms with van der Waals surface area (Å²) in [6.07, 6.45) is 3.15. The monoisotopic (exact) mass is 441 g/mol. The molecular formula is C24H35N5O3. The molecule has 8 nitrogen and oxygen atoms in total. The van der Waals surface area contributed by atoms with E-state index in [2.05, 4.69) is 15.2 Å². The highest BCUT2D eigenvalue weighted by atomic mass is 16.2. The second-order valence-electron chi connectivity index (χ2n) is 8.34. The van der Waals surface area contributed by atoms with E-state index in [1.165, 1.54) is 6.92 Å². The third kappa shape index (κ3) is 5.88. The third-order valence-electron chi connectivity index (χ3n) is 6.15. The smallest absolute Gasteiger partial charge is 0.245 e. The van der Waals surface area contributed by atoms with E-state index in [4.69, 9.17) is 0 Å². The first-order valence-corrected chi connectivity index (χ1v) is 11.5. The molecule has 1 aliphatic heterocycles. The number of fused-ring (bicyclic) bond motifs is 1. The van der Waals surface area contributed by atoms with Crippen molar-refractivity contribution in [2.24, 2.45) is 0 Å². The molecule has 3 amide bonds. The summed E-state index contributed by atoms with van der Waals surface area (Å²) in [6, 6.07) is 7.34. The molecule has 0 spiro atoms. The number of H-pyrrole nitrogens is 1. The van der Waals surface area contributed by atoms with Gasteiger partial charge < -0.3 is 20.1 Å². The maximum Gasteiger partial charge on any atom is 0.245 e. The van der Waals surface area contributed by atoms with E-state index in [9.17, 15) is 14.4 Å². The molecule has 1 aliphatic rings.